The van der Waals surface area contributed by atoms with Gasteiger partial charge in [-0.1, -0.05) is 26.2 Å². The first kappa shape index (κ1) is 15.4. The molecule has 0 aromatic rings. The van der Waals surface area contributed by atoms with Crippen LogP contribution in [0.25, 0.3) is 0 Å². The Kier molecular flexibility index (Phi) is 8.21. The predicted molar refractivity (Wildman–Crippen MR) is 64.2 cm³/mol. The standard InChI is InChI=1S/C12H25NO3/c1-4-6-7-8-9-15-10-12(3,13)11(14)16-5-2/h4-10,13H2,1-3H3. The van der Waals surface area contributed by atoms with E-state index in [1.54, 1.807) is 13.8 Å². The van der Waals surface area contributed by atoms with Crippen molar-refractivity contribution in [2.75, 3.05) is 19.8 Å². The lowest BCUT2D eigenvalue weighted by molar-refractivity contribution is -0.151. The van der Waals surface area contributed by atoms with Gasteiger partial charge in [0.15, 0.2) is 0 Å². The van der Waals surface area contributed by atoms with Crippen LogP contribution in [-0.4, -0.2) is 31.3 Å². The van der Waals surface area contributed by atoms with Crippen molar-refractivity contribution in [3.8, 4) is 0 Å². The maximum Gasteiger partial charge on any atom is 0.328 e. The predicted octanol–water partition coefficient (Wildman–Crippen LogP) is 1.86. The summed E-state index contributed by atoms with van der Waals surface area (Å²) in [6, 6.07) is 0. The lowest BCUT2D eigenvalue weighted by atomic mass is 10.1. The van der Waals surface area contributed by atoms with Crippen molar-refractivity contribution in [1.29, 1.82) is 0 Å². The Morgan fingerprint density at radius 3 is 2.50 bits per heavy atom. The van der Waals surface area contributed by atoms with Crippen molar-refractivity contribution in [3.63, 3.8) is 0 Å². The van der Waals surface area contributed by atoms with Crippen LogP contribution in [0.5, 0.6) is 0 Å². The molecule has 4 nitrogen and oxygen atoms in total. The number of unbranched alkanes of at least 4 members (excludes halogenated alkanes) is 3. The Hall–Kier alpha value is -0.610. The summed E-state index contributed by atoms with van der Waals surface area (Å²) in [7, 11) is 0. The molecule has 1 unspecified atom stereocenters. The molecule has 0 aromatic heterocycles. The van der Waals surface area contributed by atoms with Crippen molar-refractivity contribution < 1.29 is 14.3 Å². The highest BCUT2D eigenvalue weighted by Gasteiger charge is 2.30. The molecule has 0 aliphatic carbocycles. The highest BCUT2D eigenvalue weighted by Crippen LogP contribution is 2.05. The number of rotatable bonds is 9. The van der Waals surface area contributed by atoms with Gasteiger partial charge < -0.3 is 15.2 Å². The molecule has 2 N–H and O–H groups in total. The molecule has 0 aliphatic heterocycles. The van der Waals surface area contributed by atoms with Gasteiger partial charge >= 0.3 is 5.97 Å². The molecule has 1 atom stereocenters. The van der Waals surface area contributed by atoms with Gasteiger partial charge in [0.25, 0.3) is 0 Å². The zero-order valence-electron chi connectivity index (χ0n) is 10.8. The lowest BCUT2D eigenvalue weighted by Gasteiger charge is -2.21. The SMILES string of the molecule is CCCCCCOCC(C)(N)C(=O)OCC. The minimum atomic E-state index is -1.03. The van der Waals surface area contributed by atoms with Crippen LogP contribution in [0.4, 0.5) is 0 Å². The summed E-state index contributed by atoms with van der Waals surface area (Å²) in [5.41, 5.74) is 4.76. The molecule has 16 heavy (non-hydrogen) atoms. The first-order valence-electron chi connectivity index (χ1n) is 6.08. The fourth-order valence-corrected chi connectivity index (χ4v) is 1.27. The largest absolute Gasteiger partial charge is 0.465 e. The van der Waals surface area contributed by atoms with Crippen molar-refractivity contribution in [3.05, 3.63) is 0 Å². The van der Waals surface area contributed by atoms with Crippen molar-refractivity contribution in [2.45, 2.75) is 52.0 Å². The maximum atomic E-state index is 11.4. The fourth-order valence-electron chi connectivity index (χ4n) is 1.27. The van der Waals surface area contributed by atoms with E-state index in [1.807, 2.05) is 0 Å². The third-order valence-electron chi connectivity index (χ3n) is 2.29. The molecule has 0 aromatic carbocycles. The molecule has 0 heterocycles. The normalized spacial score (nSPS) is 14.5. The maximum absolute atomic E-state index is 11.4. The number of carbonyl (C=O) groups is 1. The number of hydrogen-bond acceptors (Lipinski definition) is 4. The summed E-state index contributed by atoms with van der Waals surface area (Å²) < 4.78 is 10.2. The summed E-state index contributed by atoms with van der Waals surface area (Å²) in [6.07, 6.45) is 4.61. The molecular formula is C12H25NO3. The van der Waals surface area contributed by atoms with Gasteiger partial charge in [-0.15, -0.1) is 0 Å². The summed E-state index contributed by atoms with van der Waals surface area (Å²) in [6.45, 7) is 6.79. The van der Waals surface area contributed by atoms with E-state index in [1.165, 1.54) is 12.8 Å². The number of ether oxygens (including phenoxy) is 2. The van der Waals surface area contributed by atoms with Gasteiger partial charge in [-0.05, 0) is 20.3 Å². The molecule has 0 radical (unpaired) electrons. The van der Waals surface area contributed by atoms with Crippen LogP contribution in [-0.2, 0) is 14.3 Å². The van der Waals surface area contributed by atoms with Crippen LogP contribution in [0, 0.1) is 0 Å². The van der Waals surface area contributed by atoms with E-state index in [9.17, 15) is 4.79 Å². The Labute approximate surface area is 98.5 Å². The molecule has 0 saturated heterocycles. The smallest absolute Gasteiger partial charge is 0.328 e. The third-order valence-corrected chi connectivity index (χ3v) is 2.29. The van der Waals surface area contributed by atoms with Gasteiger partial charge in [0, 0.05) is 6.61 Å². The zero-order chi connectivity index (χ0) is 12.4. The van der Waals surface area contributed by atoms with Crippen LogP contribution in [0.2, 0.25) is 0 Å². The van der Waals surface area contributed by atoms with E-state index in [-0.39, 0.29) is 6.61 Å². The van der Waals surface area contributed by atoms with E-state index in [2.05, 4.69) is 6.92 Å². The summed E-state index contributed by atoms with van der Waals surface area (Å²) in [5.74, 6) is -0.399. The first-order chi connectivity index (χ1) is 7.54. The quantitative estimate of drug-likeness (QED) is 0.486. The minimum absolute atomic E-state index is 0.220. The van der Waals surface area contributed by atoms with E-state index in [0.717, 1.165) is 12.8 Å². The second-order valence-corrected chi connectivity index (χ2v) is 4.25. The molecule has 0 bridgehead atoms. The number of esters is 1. The van der Waals surface area contributed by atoms with Crippen molar-refractivity contribution in [1.82, 2.24) is 0 Å². The number of carbonyl (C=O) groups excluding carboxylic acids is 1. The van der Waals surface area contributed by atoms with Gasteiger partial charge in [-0.2, -0.15) is 0 Å². The molecule has 0 amide bonds. The lowest BCUT2D eigenvalue weighted by Crippen LogP contribution is -2.50. The topological polar surface area (TPSA) is 61.5 Å². The Balaban J connectivity index is 3.61. The van der Waals surface area contributed by atoms with Gasteiger partial charge in [0.05, 0.1) is 13.2 Å². The Morgan fingerprint density at radius 1 is 1.25 bits per heavy atom. The monoisotopic (exact) mass is 231 g/mol. The van der Waals surface area contributed by atoms with Crippen LogP contribution in [0.15, 0.2) is 0 Å². The third kappa shape index (κ3) is 6.80. The van der Waals surface area contributed by atoms with Gasteiger partial charge in [0.2, 0.25) is 0 Å². The van der Waals surface area contributed by atoms with Crippen LogP contribution < -0.4 is 5.73 Å². The minimum Gasteiger partial charge on any atom is -0.465 e. The molecular weight excluding hydrogens is 206 g/mol. The fraction of sp³-hybridized carbons (Fsp3) is 0.917. The van der Waals surface area contributed by atoms with Crippen molar-refractivity contribution >= 4 is 5.97 Å². The highest BCUT2D eigenvalue weighted by molar-refractivity contribution is 5.80. The average molecular weight is 231 g/mol. The average Bonchev–Trinajstić information content (AvgIpc) is 2.23. The van der Waals surface area contributed by atoms with Gasteiger partial charge in [-0.25, -0.2) is 4.79 Å². The number of hydrogen-bond donors (Lipinski definition) is 1. The molecule has 0 rings (SSSR count). The summed E-state index contributed by atoms with van der Waals surface area (Å²) >= 11 is 0. The molecule has 0 fully saturated rings. The van der Waals surface area contributed by atoms with Gasteiger partial charge in [0.1, 0.15) is 5.54 Å². The van der Waals surface area contributed by atoms with Crippen LogP contribution in [0.3, 0.4) is 0 Å². The molecule has 0 spiro atoms. The highest BCUT2D eigenvalue weighted by atomic mass is 16.5. The van der Waals surface area contributed by atoms with E-state index in [4.69, 9.17) is 15.2 Å². The molecule has 96 valence electrons. The Bertz CT molecular complexity index is 193. The van der Waals surface area contributed by atoms with E-state index in [0.29, 0.717) is 13.2 Å². The molecule has 0 aliphatic rings. The van der Waals surface area contributed by atoms with E-state index >= 15 is 0 Å². The Morgan fingerprint density at radius 2 is 1.94 bits per heavy atom. The van der Waals surface area contributed by atoms with Crippen LogP contribution in [0.1, 0.15) is 46.5 Å². The second-order valence-electron chi connectivity index (χ2n) is 4.25. The first-order valence-corrected chi connectivity index (χ1v) is 6.08. The summed E-state index contributed by atoms with van der Waals surface area (Å²) in [4.78, 5) is 11.4. The van der Waals surface area contributed by atoms with Crippen LogP contribution >= 0.6 is 0 Å². The molecule has 0 saturated carbocycles. The second kappa shape index (κ2) is 8.53. The van der Waals surface area contributed by atoms with E-state index < -0.39 is 11.5 Å². The van der Waals surface area contributed by atoms with Gasteiger partial charge in [-0.3, -0.25) is 0 Å². The summed E-state index contributed by atoms with van der Waals surface area (Å²) in [5, 5.41) is 0. The zero-order valence-corrected chi connectivity index (χ0v) is 10.8. The molecule has 4 heteroatoms. The van der Waals surface area contributed by atoms with Crippen molar-refractivity contribution in [2.24, 2.45) is 5.73 Å². The number of nitrogens with two attached hydrogens (primary N) is 1.